The second-order valence-corrected chi connectivity index (χ2v) is 7.60. The van der Waals surface area contributed by atoms with Crippen LogP contribution in [0.2, 0.25) is 5.02 Å². The number of carbonyl (C=O) groups excluding carboxylic acids is 2. The lowest BCUT2D eigenvalue weighted by atomic mass is 10.2. The van der Waals surface area contributed by atoms with Crippen LogP contribution >= 0.6 is 23.4 Å². The molecule has 0 saturated heterocycles. The highest BCUT2D eigenvalue weighted by atomic mass is 35.5. The van der Waals surface area contributed by atoms with Crippen LogP contribution in [0.25, 0.3) is 16.6 Å². The minimum atomic E-state index is -0.663. The highest BCUT2D eigenvalue weighted by Crippen LogP contribution is 2.25. The molecule has 1 aromatic heterocycles. The first-order valence-corrected chi connectivity index (χ1v) is 9.63. The summed E-state index contributed by atoms with van der Waals surface area (Å²) >= 11 is 7.05. The predicted octanol–water partition coefficient (Wildman–Crippen LogP) is 2.98. The zero-order chi connectivity index (χ0) is 20.3. The molecular formula is C19H17ClN4O3S. The quantitative estimate of drug-likeness (QED) is 0.503. The topological polar surface area (TPSA) is 93.1 Å². The summed E-state index contributed by atoms with van der Waals surface area (Å²) in [6.45, 7) is 1.64. The number of rotatable bonds is 4. The molecule has 2 N–H and O–H groups in total. The summed E-state index contributed by atoms with van der Waals surface area (Å²) in [4.78, 5) is 41.3. The number of thioether (sulfide) groups is 1. The normalized spacial score (nSPS) is 11.8. The lowest BCUT2D eigenvalue weighted by molar-refractivity contribution is -0.119. The molecule has 1 heterocycles. The molecule has 28 heavy (non-hydrogen) atoms. The van der Waals surface area contributed by atoms with Gasteiger partial charge < -0.3 is 5.32 Å². The minimum Gasteiger partial charge on any atom is -0.341 e. The van der Waals surface area contributed by atoms with Gasteiger partial charge in [0.2, 0.25) is 5.91 Å². The average molecular weight is 417 g/mol. The van der Waals surface area contributed by atoms with E-state index in [2.05, 4.69) is 15.6 Å². The first-order valence-electron chi connectivity index (χ1n) is 8.37. The van der Waals surface area contributed by atoms with E-state index in [1.54, 1.807) is 55.5 Å². The number of nitrogens with zero attached hydrogens (tertiary/aromatic N) is 2. The van der Waals surface area contributed by atoms with Crippen molar-refractivity contribution in [3.8, 4) is 5.69 Å². The van der Waals surface area contributed by atoms with Gasteiger partial charge in [0.05, 0.1) is 21.8 Å². The number of para-hydroxylation sites is 1. The summed E-state index contributed by atoms with van der Waals surface area (Å²) in [7, 11) is 1.42. The van der Waals surface area contributed by atoms with Crippen LogP contribution in [0.1, 0.15) is 6.92 Å². The third-order valence-electron chi connectivity index (χ3n) is 3.94. The van der Waals surface area contributed by atoms with Gasteiger partial charge in [-0.1, -0.05) is 35.5 Å². The Balaban J connectivity index is 2.08. The Kier molecular flexibility index (Phi) is 6.01. The number of hydrogen-bond donors (Lipinski definition) is 2. The van der Waals surface area contributed by atoms with Crippen molar-refractivity contribution in [1.29, 1.82) is 0 Å². The molecular weight excluding hydrogens is 400 g/mol. The number of imide groups is 1. The number of hydrogen-bond acceptors (Lipinski definition) is 5. The molecule has 0 aliphatic heterocycles. The predicted molar refractivity (Wildman–Crippen MR) is 110 cm³/mol. The SMILES string of the molecule is CNC(=O)NC(=O)[C@H](C)Sc1nc2ccccc2c(=O)n1-c1ccc(Cl)cc1. The monoisotopic (exact) mass is 416 g/mol. The average Bonchev–Trinajstić information content (AvgIpc) is 2.69. The number of urea groups is 1. The molecule has 0 aliphatic rings. The van der Waals surface area contributed by atoms with Crippen LogP contribution in [-0.4, -0.2) is 33.8 Å². The molecule has 2 aromatic carbocycles. The van der Waals surface area contributed by atoms with Gasteiger partial charge in [-0.2, -0.15) is 0 Å². The van der Waals surface area contributed by atoms with Crippen molar-refractivity contribution >= 4 is 46.2 Å². The second-order valence-electron chi connectivity index (χ2n) is 5.86. The Labute approximate surface area is 170 Å². The van der Waals surface area contributed by atoms with E-state index >= 15 is 0 Å². The minimum absolute atomic E-state index is 0.255. The Bertz CT molecular complexity index is 1100. The fourth-order valence-corrected chi connectivity index (χ4v) is 3.55. The van der Waals surface area contributed by atoms with Crippen LogP contribution in [0.5, 0.6) is 0 Å². The van der Waals surface area contributed by atoms with Gasteiger partial charge in [-0.15, -0.1) is 0 Å². The van der Waals surface area contributed by atoms with Gasteiger partial charge in [-0.3, -0.25) is 19.5 Å². The third-order valence-corrected chi connectivity index (χ3v) is 5.25. The van der Waals surface area contributed by atoms with E-state index in [0.717, 1.165) is 11.8 Å². The number of aromatic nitrogens is 2. The van der Waals surface area contributed by atoms with Gasteiger partial charge in [-0.05, 0) is 43.3 Å². The first kappa shape index (κ1) is 19.9. The van der Waals surface area contributed by atoms with Gasteiger partial charge in [-0.25, -0.2) is 9.78 Å². The summed E-state index contributed by atoms with van der Waals surface area (Å²) < 4.78 is 1.44. The van der Waals surface area contributed by atoms with Crippen molar-refractivity contribution < 1.29 is 9.59 Å². The van der Waals surface area contributed by atoms with E-state index in [4.69, 9.17) is 11.6 Å². The van der Waals surface area contributed by atoms with E-state index < -0.39 is 17.2 Å². The highest BCUT2D eigenvalue weighted by molar-refractivity contribution is 8.00. The van der Waals surface area contributed by atoms with Crippen LogP contribution in [0.15, 0.2) is 58.5 Å². The summed E-state index contributed by atoms with van der Waals surface area (Å²) in [5.41, 5.74) is 0.850. The first-order chi connectivity index (χ1) is 13.4. The maximum Gasteiger partial charge on any atom is 0.321 e. The number of fused-ring (bicyclic) bond motifs is 1. The van der Waals surface area contributed by atoms with E-state index in [1.165, 1.54) is 11.6 Å². The molecule has 0 bridgehead atoms. The van der Waals surface area contributed by atoms with Gasteiger partial charge in [0.25, 0.3) is 5.56 Å². The molecule has 0 unspecified atom stereocenters. The number of benzene rings is 2. The van der Waals surface area contributed by atoms with Crippen molar-refractivity contribution in [3.63, 3.8) is 0 Å². The maximum absolute atomic E-state index is 13.1. The van der Waals surface area contributed by atoms with Crippen molar-refractivity contribution in [2.75, 3.05) is 7.05 Å². The number of nitrogens with one attached hydrogen (secondary N) is 2. The van der Waals surface area contributed by atoms with Crippen molar-refractivity contribution in [2.45, 2.75) is 17.3 Å². The molecule has 3 rings (SSSR count). The molecule has 0 aliphatic carbocycles. The maximum atomic E-state index is 13.1. The van der Waals surface area contributed by atoms with E-state index in [0.29, 0.717) is 26.8 Å². The van der Waals surface area contributed by atoms with Crippen LogP contribution in [0.3, 0.4) is 0 Å². The van der Waals surface area contributed by atoms with Gasteiger partial charge in [0.1, 0.15) is 0 Å². The van der Waals surface area contributed by atoms with Gasteiger partial charge in [0, 0.05) is 12.1 Å². The molecule has 7 nitrogen and oxygen atoms in total. The van der Waals surface area contributed by atoms with E-state index in [1.807, 2.05) is 0 Å². The van der Waals surface area contributed by atoms with Crippen molar-refractivity contribution in [3.05, 3.63) is 63.9 Å². The Morgan fingerprint density at radius 1 is 1.14 bits per heavy atom. The Hall–Kier alpha value is -2.84. The van der Waals surface area contributed by atoms with Crippen LogP contribution < -0.4 is 16.2 Å². The summed E-state index contributed by atoms with van der Waals surface area (Å²) in [6.07, 6.45) is 0. The molecule has 144 valence electrons. The van der Waals surface area contributed by atoms with Gasteiger partial charge in [0.15, 0.2) is 5.16 Å². The lowest BCUT2D eigenvalue weighted by Gasteiger charge is -2.16. The molecule has 0 saturated carbocycles. The van der Waals surface area contributed by atoms with Crippen LogP contribution in [0.4, 0.5) is 4.79 Å². The largest absolute Gasteiger partial charge is 0.341 e. The van der Waals surface area contributed by atoms with E-state index in [9.17, 15) is 14.4 Å². The summed E-state index contributed by atoms with van der Waals surface area (Å²) in [5, 5.41) is 5.23. The molecule has 3 aromatic rings. The summed E-state index contributed by atoms with van der Waals surface area (Å²) in [6, 6.07) is 13.2. The van der Waals surface area contributed by atoms with Crippen LogP contribution in [-0.2, 0) is 4.79 Å². The second kappa shape index (κ2) is 8.45. The fourth-order valence-electron chi connectivity index (χ4n) is 2.50. The Morgan fingerprint density at radius 2 is 1.82 bits per heavy atom. The molecule has 0 fully saturated rings. The molecule has 9 heteroatoms. The van der Waals surface area contributed by atoms with Gasteiger partial charge >= 0.3 is 6.03 Å². The molecule has 1 atom stereocenters. The molecule has 0 spiro atoms. The Morgan fingerprint density at radius 3 is 2.50 bits per heavy atom. The zero-order valence-corrected chi connectivity index (χ0v) is 16.7. The smallest absolute Gasteiger partial charge is 0.321 e. The molecule has 0 radical (unpaired) electrons. The fraction of sp³-hybridized carbons (Fsp3) is 0.158. The van der Waals surface area contributed by atoms with Crippen LogP contribution in [0, 0.1) is 0 Å². The number of carbonyl (C=O) groups is 2. The number of amides is 3. The number of halogens is 1. The lowest BCUT2D eigenvalue weighted by Crippen LogP contribution is -2.41. The highest BCUT2D eigenvalue weighted by Gasteiger charge is 2.21. The van der Waals surface area contributed by atoms with Crippen molar-refractivity contribution in [2.24, 2.45) is 0 Å². The van der Waals surface area contributed by atoms with Crippen molar-refractivity contribution in [1.82, 2.24) is 20.2 Å². The van der Waals surface area contributed by atoms with E-state index in [-0.39, 0.29) is 5.56 Å². The molecule has 3 amide bonds. The zero-order valence-electron chi connectivity index (χ0n) is 15.1. The third kappa shape index (κ3) is 4.18. The summed E-state index contributed by atoms with van der Waals surface area (Å²) in [5.74, 6) is -0.491. The standard InChI is InChI=1S/C19H17ClN4O3S/c1-11(16(25)23-18(27)21-2)28-19-22-15-6-4-3-5-14(15)17(26)24(19)13-9-7-12(20)8-10-13/h3-11H,1-2H3,(H2,21,23,25,27)/t11-/m0/s1.